The lowest BCUT2D eigenvalue weighted by molar-refractivity contribution is -0.127. The van der Waals surface area contributed by atoms with Gasteiger partial charge in [0, 0.05) is 12.6 Å². The standard InChI is InChI=1S/C21H28N2O4S/c1-15(2)14-22-21(24)17(4)27-19-10-12-20(13-11-19)28(25,26)23-16(3)18-8-6-5-7-9-18/h5-13,15-17,23H,14H2,1-4H3,(H,22,24)/t16-,17+/m1/s1. The van der Waals surface area contributed by atoms with Crippen molar-refractivity contribution in [3.05, 3.63) is 60.2 Å². The minimum atomic E-state index is -3.67. The number of sulfonamides is 1. The summed E-state index contributed by atoms with van der Waals surface area (Å²) in [5.41, 5.74) is 0.882. The number of amides is 1. The van der Waals surface area contributed by atoms with E-state index >= 15 is 0 Å². The molecule has 2 atom stereocenters. The Bertz CT molecular complexity index is 865. The van der Waals surface area contributed by atoms with Crippen LogP contribution in [0.2, 0.25) is 0 Å². The summed E-state index contributed by atoms with van der Waals surface area (Å²) in [7, 11) is -3.67. The van der Waals surface area contributed by atoms with Gasteiger partial charge in [-0.1, -0.05) is 44.2 Å². The zero-order valence-electron chi connectivity index (χ0n) is 16.7. The molecule has 0 aliphatic heterocycles. The maximum Gasteiger partial charge on any atom is 0.260 e. The smallest absolute Gasteiger partial charge is 0.260 e. The highest BCUT2D eigenvalue weighted by atomic mass is 32.2. The van der Waals surface area contributed by atoms with Gasteiger partial charge in [-0.25, -0.2) is 13.1 Å². The first-order valence-corrected chi connectivity index (χ1v) is 10.8. The fourth-order valence-electron chi connectivity index (χ4n) is 2.51. The molecule has 0 spiro atoms. The van der Waals surface area contributed by atoms with E-state index in [0.717, 1.165) is 5.56 Å². The lowest BCUT2D eigenvalue weighted by Gasteiger charge is -2.17. The third kappa shape index (κ3) is 6.35. The van der Waals surface area contributed by atoms with Crippen molar-refractivity contribution < 1.29 is 17.9 Å². The summed E-state index contributed by atoms with van der Waals surface area (Å²) in [5, 5.41) is 2.81. The topological polar surface area (TPSA) is 84.5 Å². The minimum Gasteiger partial charge on any atom is -0.481 e. The van der Waals surface area contributed by atoms with Gasteiger partial charge in [-0.2, -0.15) is 0 Å². The predicted molar refractivity (Wildman–Crippen MR) is 110 cm³/mol. The quantitative estimate of drug-likeness (QED) is 0.672. The molecule has 0 unspecified atom stereocenters. The van der Waals surface area contributed by atoms with Gasteiger partial charge in [0.15, 0.2) is 6.10 Å². The molecule has 7 heteroatoms. The minimum absolute atomic E-state index is 0.138. The molecular formula is C21H28N2O4S. The maximum atomic E-state index is 12.6. The zero-order chi connectivity index (χ0) is 20.7. The lowest BCUT2D eigenvalue weighted by atomic mass is 10.1. The van der Waals surface area contributed by atoms with Gasteiger partial charge in [-0.15, -0.1) is 0 Å². The Kier molecular flexibility index (Phi) is 7.60. The Balaban J connectivity index is 2.00. The third-order valence-corrected chi connectivity index (χ3v) is 5.69. The summed E-state index contributed by atoms with van der Waals surface area (Å²) in [6.45, 7) is 8.05. The highest BCUT2D eigenvalue weighted by Crippen LogP contribution is 2.20. The van der Waals surface area contributed by atoms with E-state index in [1.165, 1.54) is 12.1 Å². The summed E-state index contributed by atoms with van der Waals surface area (Å²) < 4.78 is 33.4. The second-order valence-electron chi connectivity index (χ2n) is 7.12. The Morgan fingerprint density at radius 1 is 0.964 bits per heavy atom. The average molecular weight is 405 g/mol. The summed E-state index contributed by atoms with van der Waals surface area (Å²) in [4.78, 5) is 12.1. The Labute approximate surface area is 167 Å². The van der Waals surface area contributed by atoms with Gasteiger partial charge in [0.05, 0.1) is 4.90 Å². The van der Waals surface area contributed by atoms with Crippen LogP contribution >= 0.6 is 0 Å². The van der Waals surface area contributed by atoms with Crippen LogP contribution < -0.4 is 14.8 Å². The molecule has 0 fully saturated rings. The molecule has 1 amide bonds. The van der Waals surface area contributed by atoms with E-state index in [-0.39, 0.29) is 16.8 Å². The molecule has 0 aliphatic carbocycles. The molecule has 2 rings (SSSR count). The van der Waals surface area contributed by atoms with E-state index in [4.69, 9.17) is 4.74 Å². The van der Waals surface area contributed by atoms with Crippen LogP contribution in [0.1, 0.15) is 39.3 Å². The first-order chi connectivity index (χ1) is 13.2. The van der Waals surface area contributed by atoms with Crippen LogP contribution in [0.3, 0.4) is 0 Å². The van der Waals surface area contributed by atoms with Gasteiger partial charge >= 0.3 is 0 Å². The number of hydrogen-bond acceptors (Lipinski definition) is 4. The van der Waals surface area contributed by atoms with Crippen molar-refractivity contribution in [3.8, 4) is 5.75 Å². The van der Waals surface area contributed by atoms with Crippen molar-refractivity contribution in [2.45, 2.75) is 44.7 Å². The fourth-order valence-corrected chi connectivity index (χ4v) is 3.75. The van der Waals surface area contributed by atoms with Crippen molar-refractivity contribution in [3.63, 3.8) is 0 Å². The molecule has 0 heterocycles. The summed E-state index contributed by atoms with van der Waals surface area (Å²) in [6.07, 6.45) is -0.669. The van der Waals surface area contributed by atoms with E-state index in [1.54, 1.807) is 26.0 Å². The van der Waals surface area contributed by atoms with Crippen molar-refractivity contribution in [2.75, 3.05) is 6.54 Å². The molecule has 2 aromatic carbocycles. The summed E-state index contributed by atoms with van der Waals surface area (Å²) in [5.74, 6) is 0.581. The van der Waals surface area contributed by atoms with E-state index in [2.05, 4.69) is 10.0 Å². The number of rotatable bonds is 9. The Hall–Kier alpha value is -2.38. The predicted octanol–water partition coefficient (Wildman–Crippen LogP) is 3.27. The highest BCUT2D eigenvalue weighted by Gasteiger charge is 2.19. The molecular weight excluding hydrogens is 376 g/mol. The normalized spacial score (nSPS) is 13.8. The van der Waals surface area contributed by atoms with Gasteiger partial charge in [0.2, 0.25) is 10.0 Å². The number of hydrogen-bond donors (Lipinski definition) is 2. The van der Waals surface area contributed by atoms with E-state index in [9.17, 15) is 13.2 Å². The highest BCUT2D eigenvalue weighted by molar-refractivity contribution is 7.89. The van der Waals surface area contributed by atoms with E-state index < -0.39 is 16.1 Å². The zero-order valence-corrected chi connectivity index (χ0v) is 17.5. The first kappa shape index (κ1) is 21.9. The van der Waals surface area contributed by atoms with Crippen LogP contribution in [0.4, 0.5) is 0 Å². The van der Waals surface area contributed by atoms with E-state index in [1.807, 2.05) is 44.2 Å². The molecule has 0 aromatic heterocycles. The third-order valence-electron chi connectivity index (χ3n) is 4.13. The Morgan fingerprint density at radius 3 is 2.14 bits per heavy atom. The number of carbonyl (C=O) groups is 1. The largest absolute Gasteiger partial charge is 0.481 e. The monoisotopic (exact) mass is 404 g/mol. The Morgan fingerprint density at radius 2 is 1.57 bits per heavy atom. The van der Waals surface area contributed by atoms with Crippen molar-refractivity contribution in [2.24, 2.45) is 5.92 Å². The van der Waals surface area contributed by atoms with Crippen LogP contribution in [-0.2, 0) is 14.8 Å². The van der Waals surface area contributed by atoms with Crippen LogP contribution in [0.25, 0.3) is 0 Å². The van der Waals surface area contributed by atoms with Gasteiger partial charge in [0.25, 0.3) is 5.91 Å². The van der Waals surface area contributed by atoms with Gasteiger partial charge in [-0.05, 0) is 49.6 Å². The molecule has 2 aromatic rings. The number of ether oxygens (including phenoxy) is 1. The van der Waals surface area contributed by atoms with Crippen LogP contribution in [0.15, 0.2) is 59.5 Å². The second-order valence-corrected chi connectivity index (χ2v) is 8.84. The average Bonchev–Trinajstić information content (AvgIpc) is 2.66. The number of carbonyl (C=O) groups excluding carboxylic acids is 1. The van der Waals surface area contributed by atoms with Crippen molar-refractivity contribution in [1.82, 2.24) is 10.0 Å². The van der Waals surface area contributed by atoms with Crippen molar-refractivity contribution in [1.29, 1.82) is 0 Å². The second kappa shape index (κ2) is 9.71. The summed E-state index contributed by atoms with van der Waals surface area (Å²) in [6, 6.07) is 15.0. The van der Waals surface area contributed by atoms with E-state index in [0.29, 0.717) is 18.2 Å². The number of nitrogens with one attached hydrogen (secondary N) is 2. The summed E-state index contributed by atoms with van der Waals surface area (Å²) >= 11 is 0. The first-order valence-electron chi connectivity index (χ1n) is 9.30. The molecule has 0 radical (unpaired) electrons. The van der Waals surface area contributed by atoms with Crippen LogP contribution in [-0.4, -0.2) is 27.0 Å². The fraction of sp³-hybridized carbons (Fsp3) is 0.381. The molecule has 0 bridgehead atoms. The van der Waals surface area contributed by atoms with Gasteiger partial charge in [0.1, 0.15) is 5.75 Å². The molecule has 6 nitrogen and oxygen atoms in total. The molecule has 0 saturated heterocycles. The van der Waals surface area contributed by atoms with Crippen LogP contribution in [0, 0.1) is 5.92 Å². The molecule has 0 aliphatic rings. The van der Waals surface area contributed by atoms with Crippen molar-refractivity contribution >= 4 is 15.9 Å². The molecule has 0 saturated carbocycles. The molecule has 152 valence electrons. The van der Waals surface area contributed by atoms with Crippen LogP contribution in [0.5, 0.6) is 5.75 Å². The SMILES string of the molecule is CC(C)CNC(=O)[C@H](C)Oc1ccc(S(=O)(=O)N[C@H](C)c2ccccc2)cc1. The van der Waals surface area contributed by atoms with Gasteiger partial charge in [-0.3, -0.25) is 4.79 Å². The number of benzene rings is 2. The maximum absolute atomic E-state index is 12.6. The van der Waals surface area contributed by atoms with Gasteiger partial charge < -0.3 is 10.1 Å². The lowest BCUT2D eigenvalue weighted by Crippen LogP contribution is -2.38. The molecule has 2 N–H and O–H groups in total. The molecule has 28 heavy (non-hydrogen) atoms.